The Kier molecular flexibility index (Phi) is 5.11. The quantitative estimate of drug-likeness (QED) is 0.598. The number of piperidine rings is 1. The number of methoxy groups -OCH3 is 1. The molecule has 5 rings (SSSR count). The van der Waals surface area contributed by atoms with E-state index in [9.17, 15) is 18.4 Å². The predicted molar refractivity (Wildman–Crippen MR) is 119 cm³/mol. The third-order valence-electron chi connectivity index (χ3n) is 7.02. The van der Waals surface area contributed by atoms with Gasteiger partial charge in [-0.25, -0.2) is 9.37 Å². The maximum atomic E-state index is 14.3. The highest BCUT2D eigenvalue weighted by molar-refractivity contribution is 6.03. The van der Waals surface area contributed by atoms with Gasteiger partial charge >= 0.3 is 0 Å². The van der Waals surface area contributed by atoms with Crippen molar-refractivity contribution in [2.24, 2.45) is 17.3 Å². The predicted octanol–water partition coefficient (Wildman–Crippen LogP) is 3.49. The summed E-state index contributed by atoms with van der Waals surface area (Å²) in [6.45, 7) is 4.46. The first kappa shape index (κ1) is 22.0. The van der Waals surface area contributed by atoms with Gasteiger partial charge in [-0.2, -0.15) is 4.39 Å². The molecule has 2 aromatic heterocycles. The number of carbonyl (C=O) groups is 2. The van der Waals surface area contributed by atoms with Crippen molar-refractivity contribution in [1.82, 2.24) is 19.9 Å². The number of H-pyrrole nitrogens is 1. The van der Waals surface area contributed by atoms with Crippen LogP contribution in [0.4, 0.5) is 14.5 Å². The molecule has 0 bridgehead atoms. The highest BCUT2D eigenvalue weighted by Crippen LogP contribution is 2.65. The van der Waals surface area contributed by atoms with E-state index in [0.717, 1.165) is 6.07 Å². The Morgan fingerprint density at radius 3 is 2.76 bits per heavy atom. The van der Waals surface area contributed by atoms with Crippen molar-refractivity contribution in [3.63, 3.8) is 0 Å². The molecule has 34 heavy (non-hydrogen) atoms. The van der Waals surface area contributed by atoms with Crippen LogP contribution in [0.25, 0.3) is 11.4 Å². The second kappa shape index (κ2) is 7.89. The molecule has 10 heteroatoms. The Balaban J connectivity index is 1.43. The minimum Gasteiger partial charge on any atom is -0.493 e. The first-order valence-corrected chi connectivity index (χ1v) is 10.8. The normalized spacial score (nSPS) is 22.3. The van der Waals surface area contributed by atoms with Gasteiger partial charge in [-0.3, -0.25) is 14.6 Å². The topological polar surface area (TPSA) is 100 Å². The fraction of sp³-hybridized carbons (Fsp3) is 0.333. The Morgan fingerprint density at radius 2 is 2.06 bits per heavy atom. The number of imidazole rings is 1. The van der Waals surface area contributed by atoms with Crippen LogP contribution in [0.1, 0.15) is 24.2 Å². The van der Waals surface area contributed by atoms with Crippen molar-refractivity contribution in [3.05, 3.63) is 60.2 Å². The fourth-order valence-electron chi connectivity index (χ4n) is 5.12. The van der Waals surface area contributed by atoms with Crippen LogP contribution in [-0.4, -0.2) is 51.4 Å². The zero-order valence-electron chi connectivity index (χ0n) is 18.8. The molecule has 2 fully saturated rings. The SMILES string of the molecule is COc1c(C(=O)N2C[C@H]3[C@@H]([C@H]2C(=O)Nc2ccnc(-c4cnc[nH]4)c2)C3(C)C)ccc(F)c1F. The van der Waals surface area contributed by atoms with E-state index in [1.807, 2.05) is 0 Å². The summed E-state index contributed by atoms with van der Waals surface area (Å²) in [5, 5.41) is 2.89. The molecule has 3 heterocycles. The lowest BCUT2D eigenvalue weighted by Crippen LogP contribution is -2.47. The zero-order chi connectivity index (χ0) is 24.2. The maximum Gasteiger partial charge on any atom is 0.258 e. The van der Waals surface area contributed by atoms with Crippen LogP contribution in [0.15, 0.2) is 43.0 Å². The minimum atomic E-state index is -1.23. The molecule has 1 saturated heterocycles. The van der Waals surface area contributed by atoms with Crippen LogP contribution in [0.5, 0.6) is 5.75 Å². The van der Waals surface area contributed by atoms with E-state index in [0.29, 0.717) is 23.6 Å². The van der Waals surface area contributed by atoms with Crippen LogP contribution in [0.2, 0.25) is 0 Å². The number of aromatic amines is 1. The number of anilines is 1. The lowest BCUT2D eigenvalue weighted by Gasteiger charge is -2.30. The standard InChI is InChI=1S/C24H23F2N5O3/c1-24(2)14-10-31(23(33)13-4-5-15(25)19(26)21(13)34-3)20(18(14)24)22(32)30-12-6-7-28-16(8-12)17-9-27-11-29-17/h4-9,11,14,18,20H,10H2,1-3H3,(H,27,29)(H,28,30,32)/t14-,18-,20-/m0/s1. The summed E-state index contributed by atoms with van der Waals surface area (Å²) in [4.78, 5) is 39.5. The lowest BCUT2D eigenvalue weighted by molar-refractivity contribution is -0.120. The fourth-order valence-corrected chi connectivity index (χ4v) is 5.12. The number of benzene rings is 1. The number of nitrogens with zero attached hydrogens (tertiary/aromatic N) is 3. The Bertz CT molecular complexity index is 1280. The number of hydrogen-bond acceptors (Lipinski definition) is 5. The zero-order valence-corrected chi connectivity index (χ0v) is 18.8. The highest BCUT2D eigenvalue weighted by Gasteiger charge is 2.69. The molecule has 2 aliphatic rings. The number of carbonyl (C=O) groups excluding carboxylic acids is 2. The molecule has 0 spiro atoms. The second-order valence-corrected chi connectivity index (χ2v) is 9.18. The largest absolute Gasteiger partial charge is 0.493 e. The molecule has 1 aliphatic carbocycles. The first-order chi connectivity index (χ1) is 16.2. The van der Waals surface area contributed by atoms with Crippen LogP contribution in [0, 0.1) is 28.9 Å². The molecule has 1 aromatic carbocycles. The Labute approximate surface area is 194 Å². The summed E-state index contributed by atoms with van der Waals surface area (Å²) in [5.74, 6) is -3.67. The van der Waals surface area contributed by atoms with Gasteiger partial charge in [0.25, 0.3) is 5.91 Å². The van der Waals surface area contributed by atoms with E-state index in [2.05, 4.69) is 34.1 Å². The van der Waals surface area contributed by atoms with Gasteiger partial charge in [0.05, 0.1) is 36.6 Å². The Hall–Kier alpha value is -3.82. The van der Waals surface area contributed by atoms with Gasteiger partial charge in [-0.05, 0) is 41.5 Å². The molecule has 3 aromatic rings. The van der Waals surface area contributed by atoms with Crippen LogP contribution in [-0.2, 0) is 4.79 Å². The average Bonchev–Trinajstić information content (AvgIpc) is 3.28. The summed E-state index contributed by atoms with van der Waals surface area (Å²) in [7, 11) is 1.17. The van der Waals surface area contributed by atoms with E-state index in [4.69, 9.17) is 4.74 Å². The summed E-state index contributed by atoms with van der Waals surface area (Å²) in [6.07, 6.45) is 4.73. The number of hydrogen-bond donors (Lipinski definition) is 2. The number of rotatable bonds is 5. The molecule has 0 radical (unpaired) electrons. The van der Waals surface area contributed by atoms with Crippen molar-refractivity contribution in [3.8, 4) is 17.1 Å². The molecule has 2 N–H and O–H groups in total. The number of nitrogens with one attached hydrogen (secondary N) is 2. The maximum absolute atomic E-state index is 14.3. The van der Waals surface area contributed by atoms with Gasteiger partial charge < -0.3 is 19.9 Å². The third-order valence-corrected chi connectivity index (χ3v) is 7.02. The summed E-state index contributed by atoms with van der Waals surface area (Å²) >= 11 is 0. The average molecular weight is 467 g/mol. The van der Waals surface area contributed by atoms with Crippen molar-refractivity contribution in [2.75, 3.05) is 19.0 Å². The molecule has 0 unspecified atom stereocenters. The van der Waals surface area contributed by atoms with Gasteiger partial charge in [-0.15, -0.1) is 0 Å². The number of ether oxygens (including phenoxy) is 1. The van der Waals surface area contributed by atoms with Crippen molar-refractivity contribution < 1.29 is 23.1 Å². The van der Waals surface area contributed by atoms with E-state index in [1.165, 1.54) is 24.4 Å². The van der Waals surface area contributed by atoms with E-state index >= 15 is 0 Å². The first-order valence-electron chi connectivity index (χ1n) is 10.8. The second-order valence-electron chi connectivity index (χ2n) is 9.18. The van der Waals surface area contributed by atoms with Gasteiger partial charge in [0.1, 0.15) is 6.04 Å². The van der Waals surface area contributed by atoms with Crippen LogP contribution >= 0.6 is 0 Å². The van der Waals surface area contributed by atoms with Crippen molar-refractivity contribution >= 4 is 17.5 Å². The minimum absolute atomic E-state index is 0.0540. The number of fused-ring (bicyclic) bond motifs is 1. The molecular weight excluding hydrogens is 444 g/mol. The number of pyridine rings is 1. The summed E-state index contributed by atoms with van der Waals surface area (Å²) < 4.78 is 32.9. The summed E-state index contributed by atoms with van der Waals surface area (Å²) in [5.41, 5.74) is 1.58. The molecule has 1 aliphatic heterocycles. The third kappa shape index (κ3) is 3.41. The van der Waals surface area contributed by atoms with E-state index in [1.54, 1.807) is 24.5 Å². The van der Waals surface area contributed by atoms with Gasteiger partial charge in [-0.1, -0.05) is 13.8 Å². The van der Waals surface area contributed by atoms with Gasteiger partial charge in [0.15, 0.2) is 11.6 Å². The number of halogens is 2. The highest BCUT2D eigenvalue weighted by atomic mass is 19.2. The molecule has 176 valence electrons. The molecule has 1 saturated carbocycles. The van der Waals surface area contributed by atoms with Gasteiger partial charge in [0.2, 0.25) is 11.7 Å². The van der Waals surface area contributed by atoms with Crippen molar-refractivity contribution in [2.45, 2.75) is 19.9 Å². The molecular formula is C24H23F2N5O3. The van der Waals surface area contributed by atoms with Crippen LogP contribution < -0.4 is 10.1 Å². The van der Waals surface area contributed by atoms with E-state index < -0.39 is 29.3 Å². The van der Waals surface area contributed by atoms with Crippen LogP contribution in [0.3, 0.4) is 0 Å². The molecule has 3 atom stereocenters. The van der Waals surface area contributed by atoms with Gasteiger partial charge in [0, 0.05) is 18.4 Å². The summed E-state index contributed by atoms with van der Waals surface area (Å²) in [6, 6.07) is 4.67. The number of aromatic nitrogens is 3. The van der Waals surface area contributed by atoms with Crippen molar-refractivity contribution in [1.29, 1.82) is 0 Å². The Morgan fingerprint density at radius 1 is 1.26 bits per heavy atom. The number of amides is 2. The smallest absolute Gasteiger partial charge is 0.258 e. The monoisotopic (exact) mass is 467 g/mol. The molecule has 8 nitrogen and oxygen atoms in total. The lowest BCUT2D eigenvalue weighted by atomic mass is 9.99. The molecule has 2 amide bonds. The number of likely N-dealkylation sites (tertiary alicyclic amines) is 1. The van der Waals surface area contributed by atoms with E-state index in [-0.39, 0.29) is 28.7 Å².